The van der Waals surface area contributed by atoms with Crippen molar-refractivity contribution in [2.24, 2.45) is 0 Å². The van der Waals surface area contributed by atoms with Gasteiger partial charge in [0, 0.05) is 68.1 Å². The van der Waals surface area contributed by atoms with Gasteiger partial charge in [0.2, 0.25) is 0 Å². The minimum Gasteiger partial charge on any atom is -0.390 e. The molecule has 0 radical (unpaired) electrons. The summed E-state index contributed by atoms with van der Waals surface area (Å²) in [6.07, 6.45) is 2.30. The third kappa shape index (κ3) is 6.54. The van der Waals surface area contributed by atoms with E-state index in [2.05, 4.69) is 25.4 Å². The van der Waals surface area contributed by atoms with Crippen molar-refractivity contribution in [2.45, 2.75) is 12.5 Å². The number of nitrogens with zero attached hydrogens (tertiary/aromatic N) is 3. The highest BCUT2D eigenvalue weighted by Crippen LogP contribution is 2.24. The van der Waals surface area contributed by atoms with Gasteiger partial charge in [0.05, 0.1) is 17.3 Å². The Hall–Kier alpha value is -2.45. The Kier molecular flexibility index (Phi) is 8.34. The summed E-state index contributed by atoms with van der Waals surface area (Å²) < 4.78 is 14.0. The Balaban J connectivity index is 1.11. The molecule has 1 saturated heterocycles. The fourth-order valence-corrected chi connectivity index (χ4v) is 4.39. The number of para-hydroxylation sites is 1. The lowest BCUT2D eigenvalue weighted by molar-refractivity contribution is 0.108. The van der Waals surface area contributed by atoms with E-state index in [1.165, 1.54) is 6.07 Å². The van der Waals surface area contributed by atoms with Crippen LogP contribution in [0.15, 0.2) is 54.7 Å². The molecule has 0 aliphatic carbocycles. The van der Waals surface area contributed by atoms with Gasteiger partial charge in [0.1, 0.15) is 5.82 Å². The van der Waals surface area contributed by atoms with Crippen LogP contribution < -0.4 is 15.5 Å². The molecular weight excluding hydrogens is 441 g/mol. The topological polar surface area (TPSA) is 63.7 Å². The summed E-state index contributed by atoms with van der Waals surface area (Å²) in [5, 5.41) is 18.9. The van der Waals surface area contributed by atoms with Crippen LogP contribution >= 0.6 is 11.6 Å². The van der Waals surface area contributed by atoms with Crippen LogP contribution in [0.1, 0.15) is 6.42 Å². The van der Waals surface area contributed by atoms with Crippen molar-refractivity contribution < 1.29 is 9.50 Å². The van der Waals surface area contributed by atoms with E-state index in [9.17, 15) is 9.50 Å². The smallest absolute Gasteiger partial charge is 0.146 e. The standard InChI is InChI=1S/C25H31ClFN5O/c26-19-6-7-21-23(8-11-30-24(21)16-19)29-10-3-9-28-17-20(33)18-31-12-14-32(15-13-31)25-5-2-1-4-22(25)27/h1-2,4-8,11,16,20,28,33H,3,9-10,12-15,17-18H2,(H,29,30). The van der Waals surface area contributed by atoms with Crippen LogP contribution in [0.5, 0.6) is 0 Å². The molecule has 1 unspecified atom stereocenters. The second-order valence-electron chi connectivity index (χ2n) is 8.40. The summed E-state index contributed by atoms with van der Waals surface area (Å²) in [7, 11) is 0. The summed E-state index contributed by atoms with van der Waals surface area (Å²) in [5.74, 6) is -0.175. The number of piperazine rings is 1. The molecule has 0 spiro atoms. The van der Waals surface area contributed by atoms with Crippen molar-refractivity contribution in [1.82, 2.24) is 15.2 Å². The van der Waals surface area contributed by atoms with Crippen LogP contribution in [0.25, 0.3) is 10.9 Å². The van der Waals surface area contributed by atoms with Crippen LogP contribution in [-0.4, -0.2) is 73.5 Å². The number of hydrogen-bond acceptors (Lipinski definition) is 6. The molecule has 0 amide bonds. The molecule has 4 rings (SSSR count). The summed E-state index contributed by atoms with van der Waals surface area (Å²) >= 11 is 6.05. The first kappa shape index (κ1) is 23.7. The number of aromatic nitrogens is 1. The minimum atomic E-state index is -0.424. The molecule has 176 valence electrons. The average Bonchev–Trinajstić information content (AvgIpc) is 2.82. The highest BCUT2D eigenvalue weighted by molar-refractivity contribution is 6.31. The predicted octanol–water partition coefficient (Wildman–Crippen LogP) is 3.60. The predicted molar refractivity (Wildman–Crippen MR) is 134 cm³/mol. The van der Waals surface area contributed by atoms with Gasteiger partial charge in [0.25, 0.3) is 0 Å². The van der Waals surface area contributed by atoms with Crippen LogP contribution in [0.3, 0.4) is 0 Å². The fourth-order valence-electron chi connectivity index (χ4n) is 4.22. The van der Waals surface area contributed by atoms with Crippen molar-refractivity contribution in [3.63, 3.8) is 0 Å². The molecule has 1 atom stereocenters. The normalized spacial score (nSPS) is 15.7. The maximum Gasteiger partial charge on any atom is 0.146 e. The molecule has 33 heavy (non-hydrogen) atoms. The van der Waals surface area contributed by atoms with Crippen molar-refractivity contribution in [1.29, 1.82) is 0 Å². The zero-order valence-electron chi connectivity index (χ0n) is 18.7. The monoisotopic (exact) mass is 471 g/mol. The molecule has 8 heteroatoms. The highest BCUT2D eigenvalue weighted by atomic mass is 35.5. The first-order chi connectivity index (χ1) is 16.1. The van der Waals surface area contributed by atoms with Crippen molar-refractivity contribution >= 4 is 33.9 Å². The van der Waals surface area contributed by atoms with E-state index in [1.54, 1.807) is 12.3 Å². The number of halogens is 2. The Bertz CT molecular complexity index is 1040. The molecule has 3 aromatic rings. The van der Waals surface area contributed by atoms with E-state index in [1.807, 2.05) is 36.4 Å². The number of aliphatic hydroxyl groups is 1. The number of rotatable bonds is 10. The Labute approximate surface area is 199 Å². The maximum absolute atomic E-state index is 14.0. The van der Waals surface area contributed by atoms with Crippen LogP contribution in [-0.2, 0) is 0 Å². The zero-order chi connectivity index (χ0) is 23.0. The van der Waals surface area contributed by atoms with Gasteiger partial charge in [-0.15, -0.1) is 0 Å². The molecule has 1 aromatic heterocycles. The van der Waals surface area contributed by atoms with Gasteiger partial charge in [-0.1, -0.05) is 23.7 Å². The minimum absolute atomic E-state index is 0.175. The summed E-state index contributed by atoms with van der Waals surface area (Å²) in [6.45, 7) is 6.00. The number of aliphatic hydroxyl groups excluding tert-OH is 1. The largest absolute Gasteiger partial charge is 0.390 e. The molecule has 6 nitrogen and oxygen atoms in total. The van der Waals surface area contributed by atoms with E-state index < -0.39 is 6.10 Å². The van der Waals surface area contributed by atoms with E-state index in [0.717, 1.165) is 62.3 Å². The van der Waals surface area contributed by atoms with Gasteiger partial charge in [0.15, 0.2) is 0 Å². The number of fused-ring (bicyclic) bond motifs is 1. The molecule has 3 N–H and O–H groups in total. The third-order valence-electron chi connectivity index (χ3n) is 5.96. The molecule has 0 saturated carbocycles. The van der Waals surface area contributed by atoms with Gasteiger partial charge >= 0.3 is 0 Å². The van der Waals surface area contributed by atoms with Gasteiger partial charge in [-0.05, 0) is 49.4 Å². The van der Waals surface area contributed by atoms with Gasteiger partial charge in [-0.2, -0.15) is 0 Å². The Morgan fingerprint density at radius 1 is 1.06 bits per heavy atom. The van der Waals surface area contributed by atoms with E-state index in [0.29, 0.717) is 23.8 Å². The average molecular weight is 472 g/mol. The van der Waals surface area contributed by atoms with Crippen molar-refractivity contribution in [3.05, 3.63) is 65.6 Å². The second-order valence-corrected chi connectivity index (χ2v) is 8.83. The first-order valence-electron chi connectivity index (χ1n) is 11.5. The number of nitrogens with one attached hydrogen (secondary N) is 2. The zero-order valence-corrected chi connectivity index (χ0v) is 19.4. The van der Waals surface area contributed by atoms with Crippen molar-refractivity contribution in [2.75, 3.05) is 62.6 Å². The quantitative estimate of drug-likeness (QED) is 0.393. The third-order valence-corrected chi connectivity index (χ3v) is 6.20. The van der Waals surface area contributed by atoms with E-state index in [-0.39, 0.29) is 5.82 Å². The molecule has 2 heterocycles. The van der Waals surface area contributed by atoms with E-state index in [4.69, 9.17) is 11.6 Å². The van der Waals surface area contributed by atoms with Gasteiger partial charge in [-0.25, -0.2) is 4.39 Å². The summed E-state index contributed by atoms with van der Waals surface area (Å²) in [6, 6.07) is 14.6. The van der Waals surface area contributed by atoms with Crippen LogP contribution in [0, 0.1) is 5.82 Å². The number of pyridine rings is 1. The molecule has 1 fully saturated rings. The molecular formula is C25H31ClFN5O. The molecule has 2 aromatic carbocycles. The Morgan fingerprint density at radius 3 is 2.70 bits per heavy atom. The van der Waals surface area contributed by atoms with Crippen LogP contribution in [0.4, 0.5) is 15.8 Å². The SMILES string of the molecule is OC(CNCCCNc1ccnc2cc(Cl)ccc12)CN1CCN(c2ccccc2F)CC1. The lowest BCUT2D eigenvalue weighted by atomic mass is 10.2. The molecule has 0 bridgehead atoms. The highest BCUT2D eigenvalue weighted by Gasteiger charge is 2.20. The van der Waals surface area contributed by atoms with E-state index >= 15 is 0 Å². The number of benzene rings is 2. The molecule has 1 aliphatic heterocycles. The number of hydrogen-bond donors (Lipinski definition) is 3. The van der Waals surface area contributed by atoms with Crippen molar-refractivity contribution in [3.8, 4) is 0 Å². The summed E-state index contributed by atoms with van der Waals surface area (Å²) in [4.78, 5) is 8.68. The summed E-state index contributed by atoms with van der Waals surface area (Å²) in [5.41, 5.74) is 2.59. The lowest BCUT2D eigenvalue weighted by Crippen LogP contribution is -2.50. The lowest BCUT2D eigenvalue weighted by Gasteiger charge is -2.37. The van der Waals surface area contributed by atoms with Gasteiger partial charge < -0.3 is 20.6 Å². The fraction of sp³-hybridized carbons (Fsp3) is 0.400. The maximum atomic E-state index is 14.0. The number of anilines is 2. The second kappa shape index (κ2) is 11.6. The first-order valence-corrected chi connectivity index (χ1v) is 11.9. The Morgan fingerprint density at radius 2 is 1.88 bits per heavy atom. The number of β-amino-alcohol motifs (C(OH)–C–C–N with tert-alkyl or cyclic N) is 1. The van der Waals surface area contributed by atoms with Gasteiger partial charge in [-0.3, -0.25) is 9.88 Å². The van der Waals surface area contributed by atoms with Crippen LogP contribution in [0.2, 0.25) is 5.02 Å². The molecule has 1 aliphatic rings.